The summed E-state index contributed by atoms with van der Waals surface area (Å²) in [4.78, 5) is 0. The predicted octanol–water partition coefficient (Wildman–Crippen LogP) is 7.88. The first-order chi connectivity index (χ1) is 17.3. The summed E-state index contributed by atoms with van der Waals surface area (Å²) in [6.45, 7) is 1.81. The Kier molecular flexibility index (Phi) is 6.46. The largest absolute Gasteiger partial charge is 0.496 e. The fraction of sp³-hybridized carbons (Fsp3) is 0.200. The van der Waals surface area contributed by atoms with E-state index in [0.29, 0.717) is 12.1 Å². The number of halogens is 3. The Bertz CT molecular complexity index is 1520. The topological polar surface area (TPSA) is 26.2 Å². The van der Waals surface area contributed by atoms with Crippen molar-refractivity contribution in [3.63, 3.8) is 0 Å². The van der Waals surface area contributed by atoms with Crippen molar-refractivity contribution in [2.24, 2.45) is 0 Å². The highest BCUT2D eigenvalue weighted by Crippen LogP contribution is 2.34. The van der Waals surface area contributed by atoms with Gasteiger partial charge in [0, 0.05) is 35.2 Å². The zero-order valence-electron chi connectivity index (χ0n) is 20.1. The van der Waals surface area contributed by atoms with E-state index < -0.39 is 12.7 Å². The van der Waals surface area contributed by atoms with E-state index in [0.717, 1.165) is 27.8 Å². The summed E-state index contributed by atoms with van der Waals surface area (Å²) in [7, 11) is 1.62. The average molecular weight is 489 g/mol. The van der Waals surface area contributed by atoms with Crippen LogP contribution < -0.4 is 10.1 Å². The van der Waals surface area contributed by atoms with Crippen LogP contribution in [0.4, 0.5) is 13.2 Å². The van der Waals surface area contributed by atoms with E-state index in [1.54, 1.807) is 19.2 Å². The fourth-order valence-corrected chi connectivity index (χ4v) is 4.80. The minimum absolute atomic E-state index is 0.145. The van der Waals surface area contributed by atoms with Gasteiger partial charge in [-0.1, -0.05) is 54.6 Å². The molecule has 1 N–H and O–H groups in total. The van der Waals surface area contributed by atoms with E-state index in [2.05, 4.69) is 54.7 Å². The highest BCUT2D eigenvalue weighted by molar-refractivity contribution is 5.87. The number of benzene rings is 4. The van der Waals surface area contributed by atoms with Gasteiger partial charge in [-0.25, -0.2) is 0 Å². The Morgan fingerprint density at radius 3 is 2.50 bits per heavy atom. The Morgan fingerprint density at radius 2 is 1.69 bits per heavy atom. The molecule has 1 heterocycles. The van der Waals surface area contributed by atoms with E-state index >= 15 is 0 Å². The third-order valence-electron chi connectivity index (χ3n) is 6.60. The van der Waals surface area contributed by atoms with Crippen LogP contribution in [0.15, 0.2) is 91.1 Å². The number of aromatic nitrogens is 1. The second-order valence-electron chi connectivity index (χ2n) is 9.04. The van der Waals surface area contributed by atoms with Crippen LogP contribution in [0.5, 0.6) is 5.75 Å². The van der Waals surface area contributed by atoms with Crippen molar-refractivity contribution < 1.29 is 17.9 Å². The van der Waals surface area contributed by atoms with Gasteiger partial charge in [-0.3, -0.25) is 0 Å². The van der Waals surface area contributed by atoms with Gasteiger partial charge in [-0.15, -0.1) is 0 Å². The maximum absolute atomic E-state index is 12.9. The first kappa shape index (κ1) is 23.9. The van der Waals surface area contributed by atoms with Crippen molar-refractivity contribution >= 4 is 21.7 Å². The number of nitrogens with one attached hydrogen (secondary N) is 1. The second-order valence-corrected chi connectivity index (χ2v) is 9.04. The number of nitrogens with zero attached hydrogens (tertiary/aromatic N) is 1. The van der Waals surface area contributed by atoms with Gasteiger partial charge in [-0.05, 0) is 64.7 Å². The van der Waals surface area contributed by atoms with Gasteiger partial charge in [0.05, 0.1) is 7.11 Å². The molecule has 184 valence electrons. The molecule has 5 aromatic rings. The van der Waals surface area contributed by atoms with Gasteiger partial charge in [0.15, 0.2) is 0 Å². The Labute approximate surface area is 208 Å². The van der Waals surface area contributed by atoms with E-state index in [1.165, 1.54) is 27.1 Å². The smallest absolute Gasteiger partial charge is 0.406 e. The lowest BCUT2D eigenvalue weighted by Crippen LogP contribution is -2.18. The third kappa shape index (κ3) is 4.95. The number of ether oxygens (including phenoxy) is 1. The Hall–Kier alpha value is -3.77. The molecular weight excluding hydrogens is 461 g/mol. The molecule has 1 aromatic heterocycles. The fourth-order valence-electron chi connectivity index (χ4n) is 4.80. The monoisotopic (exact) mass is 488 g/mol. The van der Waals surface area contributed by atoms with Crippen molar-refractivity contribution in [2.75, 3.05) is 7.11 Å². The molecule has 0 aliphatic heterocycles. The SMILES string of the molecule is COc1ccc(CNC(C)c2cccc3ccccc23)cc1-c1ccc2c(ccn2CC(F)(F)F)c1. The lowest BCUT2D eigenvalue weighted by molar-refractivity contribution is -0.139. The van der Waals surface area contributed by atoms with Crippen molar-refractivity contribution in [1.29, 1.82) is 0 Å². The van der Waals surface area contributed by atoms with Gasteiger partial charge < -0.3 is 14.6 Å². The van der Waals surface area contributed by atoms with Crippen LogP contribution in [-0.2, 0) is 13.1 Å². The van der Waals surface area contributed by atoms with Gasteiger partial charge in [0.25, 0.3) is 0 Å². The zero-order chi connectivity index (χ0) is 25.3. The molecule has 0 saturated carbocycles. The molecule has 5 rings (SSSR count). The van der Waals surface area contributed by atoms with Crippen LogP contribution in [0.25, 0.3) is 32.8 Å². The summed E-state index contributed by atoms with van der Waals surface area (Å²) in [5, 5.41) is 6.84. The zero-order valence-corrected chi connectivity index (χ0v) is 20.1. The van der Waals surface area contributed by atoms with Crippen LogP contribution in [0, 0.1) is 0 Å². The number of methoxy groups -OCH3 is 1. The molecule has 0 fully saturated rings. The molecule has 36 heavy (non-hydrogen) atoms. The quantitative estimate of drug-likeness (QED) is 0.252. The maximum Gasteiger partial charge on any atom is 0.406 e. The third-order valence-corrected chi connectivity index (χ3v) is 6.60. The van der Waals surface area contributed by atoms with Crippen LogP contribution in [0.3, 0.4) is 0 Å². The highest BCUT2D eigenvalue weighted by Gasteiger charge is 2.28. The minimum atomic E-state index is -4.27. The summed E-state index contributed by atoms with van der Waals surface area (Å²) >= 11 is 0. The highest BCUT2D eigenvalue weighted by atomic mass is 19.4. The molecule has 3 nitrogen and oxygen atoms in total. The van der Waals surface area contributed by atoms with Gasteiger partial charge in [-0.2, -0.15) is 13.2 Å². The summed E-state index contributed by atoms with van der Waals surface area (Å²) in [5.41, 5.74) is 4.69. The lowest BCUT2D eigenvalue weighted by Gasteiger charge is -2.18. The molecule has 1 unspecified atom stereocenters. The second kappa shape index (κ2) is 9.70. The van der Waals surface area contributed by atoms with E-state index in [1.807, 2.05) is 30.3 Å². The minimum Gasteiger partial charge on any atom is -0.496 e. The normalized spacial score (nSPS) is 12.8. The van der Waals surface area contributed by atoms with Crippen molar-refractivity contribution in [2.45, 2.75) is 32.2 Å². The molecular formula is C30H27F3N2O. The molecule has 0 radical (unpaired) electrons. The van der Waals surface area contributed by atoms with Gasteiger partial charge >= 0.3 is 6.18 Å². The molecule has 4 aromatic carbocycles. The maximum atomic E-state index is 12.9. The van der Waals surface area contributed by atoms with Crippen molar-refractivity contribution in [1.82, 2.24) is 9.88 Å². The van der Waals surface area contributed by atoms with Crippen molar-refractivity contribution in [3.05, 3.63) is 102 Å². The number of hydrogen-bond acceptors (Lipinski definition) is 2. The number of fused-ring (bicyclic) bond motifs is 2. The first-order valence-electron chi connectivity index (χ1n) is 11.9. The lowest BCUT2D eigenvalue weighted by atomic mass is 9.98. The molecule has 0 bridgehead atoms. The number of alkyl halides is 3. The van der Waals surface area contributed by atoms with Gasteiger partial charge in [0.1, 0.15) is 12.3 Å². The molecule has 0 amide bonds. The summed E-state index contributed by atoms with van der Waals surface area (Å²) in [6.07, 6.45) is -2.79. The van der Waals surface area contributed by atoms with Crippen molar-refractivity contribution in [3.8, 4) is 16.9 Å². The molecule has 0 spiro atoms. The van der Waals surface area contributed by atoms with Crippen LogP contribution in [0.1, 0.15) is 24.1 Å². The Balaban J connectivity index is 1.40. The predicted molar refractivity (Wildman–Crippen MR) is 139 cm³/mol. The molecule has 0 aliphatic rings. The van der Waals surface area contributed by atoms with Gasteiger partial charge in [0.2, 0.25) is 0 Å². The Morgan fingerprint density at radius 1 is 0.889 bits per heavy atom. The molecule has 1 atom stereocenters. The molecule has 6 heteroatoms. The number of hydrogen-bond donors (Lipinski definition) is 1. The number of rotatable bonds is 7. The van der Waals surface area contributed by atoms with E-state index in [4.69, 9.17) is 4.74 Å². The van der Waals surface area contributed by atoms with Crippen LogP contribution in [0.2, 0.25) is 0 Å². The average Bonchev–Trinajstić information content (AvgIpc) is 3.27. The van der Waals surface area contributed by atoms with E-state index in [-0.39, 0.29) is 6.04 Å². The molecule has 0 aliphatic carbocycles. The standard InChI is InChI=1S/C30H27F3N2O/c1-20(25-9-5-7-22-6-3-4-8-26(22)25)34-18-21-10-13-29(36-2)27(16-21)23-11-12-28-24(17-23)14-15-35(28)19-30(31,32)33/h3-17,20,34H,18-19H2,1-2H3. The molecule has 0 saturated heterocycles. The summed E-state index contributed by atoms with van der Waals surface area (Å²) in [6, 6.07) is 28.1. The first-order valence-corrected chi connectivity index (χ1v) is 11.9. The van der Waals surface area contributed by atoms with Crippen LogP contribution >= 0.6 is 0 Å². The summed E-state index contributed by atoms with van der Waals surface area (Å²) in [5.74, 6) is 0.718. The van der Waals surface area contributed by atoms with E-state index in [9.17, 15) is 13.2 Å². The van der Waals surface area contributed by atoms with Crippen LogP contribution in [-0.4, -0.2) is 17.9 Å². The summed E-state index contributed by atoms with van der Waals surface area (Å²) < 4.78 is 45.6.